The van der Waals surface area contributed by atoms with Gasteiger partial charge >= 0.3 is 10.5 Å². The first-order valence-electron chi connectivity index (χ1n) is 5.43. The maximum Gasteiger partial charge on any atom is 0.488 e. The molecule has 0 radical (unpaired) electrons. The highest BCUT2D eigenvalue weighted by Gasteiger charge is 2.28. The molecule has 102 valence electrons. The molecule has 1 aliphatic heterocycles. The largest absolute Gasteiger partial charge is 0.488 e. The van der Waals surface area contributed by atoms with Gasteiger partial charge in [-0.25, -0.2) is 0 Å². The summed E-state index contributed by atoms with van der Waals surface area (Å²) >= 11 is 0. The Morgan fingerprint density at radius 1 is 1.32 bits per heavy atom. The summed E-state index contributed by atoms with van der Waals surface area (Å²) in [6.45, 7) is 0. The number of amides is 2. The molecule has 1 N–H and O–H groups in total. The van der Waals surface area contributed by atoms with E-state index < -0.39 is 22.3 Å². The molecule has 1 fully saturated rings. The zero-order chi connectivity index (χ0) is 14.0. The Morgan fingerprint density at radius 3 is 2.68 bits per heavy atom. The van der Waals surface area contributed by atoms with E-state index in [1.165, 1.54) is 18.2 Å². The van der Waals surface area contributed by atoms with Crippen LogP contribution in [0.5, 0.6) is 5.75 Å². The third kappa shape index (κ3) is 3.50. The predicted molar refractivity (Wildman–Crippen MR) is 62.2 cm³/mol. The van der Waals surface area contributed by atoms with Crippen molar-refractivity contribution < 1.29 is 26.1 Å². The second-order valence-corrected chi connectivity index (χ2v) is 5.01. The minimum absolute atomic E-state index is 0.197. The third-order valence-electron chi connectivity index (χ3n) is 2.70. The second-order valence-electron chi connectivity index (χ2n) is 4.05. The van der Waals surface area contributed by atoms with Gasteiger partial charge in [0.05, 0.1) is 5.92 Å². The minimum Gasteiger partial charge on any atom is -0.358 e. The molecular weight excluding hydrogens is 277 g/mol. The van der Waals surface area contributed by atoms with Crippen LogP contribution in [0.15, 0.2) is 24.3 Å². The highest BCUT2D eigenvalue weighted by molar-refractivity contribution is 7.81. The van der Waals surface area contributed by atoms with Crippen molar-refractivity contribution >= 4 is 22.3 Å². The van der Waals surface area contributed by atoms with Crippen LogP contribution in [-0.4, -0.2) is 20.2 Å². The third-order valence-corrected chi connectivity index (χ3v) is 3.09. The van der Waals surface area contributed by atoms with Crippen molar-refractivity contribution in [2.24, 2.45) is 0 Å². The molecular formula is C11H10FNO5S. The monoisotopic (exact) mass is 287 g/mol. The van der Waals surface area contributed by atoms with Crippen LogP contribution >= 0.6 is 0 Å². The highest BCUT2D eigenvalue weighted by Crippen LogP contribution is 2.27. The summed E-state index contributed by atoms with van der Waals surface area (Å²) in [5, 5.41) is 2.18. The van der Waals surface area contributed by atoms with Gasteiger partial charge in [0.1, 0.15) is 5.75 Å². The van der Waals surface area contributed by atoms with Crippen LogP contribution in [0.3, 0.4) is 0 Å². The minimum atomic E-state index is -5.10. The first-order chi connectivity index (χ1) is 8.85. The highest BCUT2D eigenvalue weighted by atomic mass is 32.3. The molecule has 1 aromatic carbocycles. The Morgan fingerprint density at radius 2 is 2.05 bits per heavy atom. The van der Waals surface area contributed by atoms with Crippen molar-refractivity contribution in [3.63, 3.8) is 0 Å². The smallest absolute Gasteiger partial charge is 0.358 e. The fraction of sp³-hybridized carbons (Fsp3) is 0.273. The first-order valence-corrected chi connectivity index (χ1v) is 6.74. The molecule has 0 saturated carbocycles. The number of hydrogen-bond donors (Lipinski definition) is 1. The molecule has 1 saturated heterocycles. The van der Waals surface area contributed by atoms with Gasteiger partial charge in [-0.05, 0) is 24.1 Å². The Labute approximate surface area is 109 Å². The van der Waals surface area contributed by atoms with Crippen molar-refractivity contribution in [2.45, 2.75) is 18.8 Å². The number of imide groups is 1. The number of halogens is 1. The van der Waals surface area contributed by atoms with E-state index in [2.05, 4.69) is 9.50 Å². The lowest BCUT2D eigenvalue weighted by Gasteiger charge is -2.21. The summed E-state index contributed by atoms with van der Waals surface area (Å²) in [5.41, 5.74) is 0.464. The maximum absolute atomic E-state index is 12.4. The molecule has 19 heavy (non-hydrogen) atoms. The van der Waals surface area contributed by atoms with Crippen LogP contribution in [0.25, 0.3) is 0 Å². The number of nitrogens with one attached hydrogen (secondary N) is 1. The lowest BCUT2D eigenvalue weighted by molar-refractivity contribution is -0.134. The van der Waals surface area contributed by atoms with Gasteiger partial charge in [-0.15, -0.1) is 0 Å². The van der Waals surface area contributed by atoms with Crippen molar-refractivity contribution in [3.05, 3.63) is 29.8 Å². The Hall–Kier alpha value is -1.96. The Kier molecular flexibility index (Phi) is 3.52. The van der Waals surface area contributed by atoms with Gasteiger partial charge in [0.2, 0.25) is 11.8 Å². The SMILES string of the molecule is O=C1CCC(c2cccc(OS(=O)(=O)F)c2)C(=O)N1. The molecule has 0 aliphatic carbocycles. The molecule has 0 spiro atoms. The van der Waals surface area contributed by atoms with Gasteiger partial charge in [0, 0.05) is 6.42 Å². The Bertz CT molecular complexity index is 628. The van der Waals surface area contributed by atoms with E-state index in [4.69, 9.17) is 0 Å². The summed E-state index contributed by atoms with van der Waals surface area (Å²) in [6, 6.07) is 5.54. The van der Waals surface area contributed by atoms with E-state index in [0.29, 0.717) is 12.0 Å². The van der Waals surface area contributed by atoms with Crippen LogP contribution < -0.4 is 9.50 Å². The zero-order valence-electron chi connectivity index (χ0n) is 9.63. The molecule has 0 bridgehead atoms. The van der Waals surface area contributed by atoms with E-state index >= 15 is 0 Å². The molecule has 2 rings (SSSR count). The fourth-order valence-corrected chi connectivity index (χ4v) is 2.24. The molecule has 8 heteroatoms. The number of carbonyl (C=O) groups is 2. The van der Waals surface area contributed by atoms with Gasteiger partial charge in [-0.1, -0.05) is 16.0 Å². The van der Waals surface area contributed by atoms with Gasteiger partial charge in [0.25, 0.3) is 0 Å². The number of hydrogen-bond acceptors (Lipinski definition) is 5. The van der Waals surface area contributed by atoms with E-state index in [-0.39, 0.29) is 18.1 Å². The lowest BCUT2D eigenvalue weighted by atomic mass is 9.90. The van der Waals surface area contributed by atoms with Crippen molar-refractivity contribution in [3.8, 4) is 5.75 Å². The average molecular weight is 287 g/mol. The molecule has 2 amide bonds. The first kappa shape index (κ1) is 13.5. The molecule has 6 nitrogen and oxygen atoms in total. The summed E-state index contributed by atoms with van der Waals surface area (Å²) in [7, 11) is -5.10. The van der Waals surface area contributed by atoms with Crippen LogP contribution in [0, 0.1) is 0 Å². The van der Waals surface area contributed by atoms with Gasteiger partial charge < -0.3 is 4.18 Å². The van der Waals surface area contributed by atoms with Gasteiger partial charge in [-0.3, -0.25) is 14.9 Å². The van der Waals surface area contributed by atoms with Crippen LogP contribution in [0.1, 0.15) is 24.3 Å². The number of piperidine rings is 1. The molecule has 0 aromatic heterocycles. The average Bonchev–Trinajstić information content (AvgIpc) is 2.26. The summed E-state index contributed by atoms with van der Waals surface area (Å²) < 4.78 is 37.3. The summed E-state index contributed by atoms with van der Waals surface area (Å²) in [4.78, 5) is 22.7. The quantitative estimate of drug-likeness (QED) is 0.656. The molecule has 1 unspecified atom stereocenters. The van der Waals surface area contributed by atoms with E-state index in [0.717, 1.165) is 0 Å². The number of carbonyl (C=O) groups excluding carboxylic acids is 2. The predicted octanol–water partition coefficient (Wildman–Crippen LogP) is 0.800. The maximum atomic E-state index is 12.4. The topological polar surface area (TPSA) is 89.5 Å². The number of benzene rings is 1. The number of rotatable bonds is 3. The summed E-state index contributed by atoms with van der Waals surface area (Å²) in [5.74, 6) is -1.61. The van der Waals surface area contributed by atoms with E-state index in [1.807, 2.05) is 0 Å². The van der Waals surface area contributed by atoms with E-state index in [1.54, 1.807) is 6.07 Å². The van der Waals surface area contributed by atoms with Crippen LogP contribution in [-0.2, 0) is 20.1 Å². The second kappa shape index (κ2) is 4.96. The Balaban J connectivity index is 2.23. The summed E-state index contributed by atoms with van der Waals surface area (Å²) in [6.07, 6.45) is 0.513. The van der Waals surface area contributed by atoms with Crippen molar-refractivity contribution in [2.75, 3.05) is 0 Å². The molecule has 1 heterocycles. The van der Waals surface area contributed by atoms with Crippen molar-refractivity contribution in [1.29, 1.82) is 0 Å². The molecule has 1 atom stereocenters. The fourth-order valence-electron chi connectivity index (χ4n) is 1.91. The van der Waals surface area contributed by atoms with Crippen LogP contribution in [0.2, 0.25) is 0 Å². The molecule has 1 aromatic rings. The van der Waals surface area contributed by atoms with Gasteiger partial charge in [0.15, 0.2) is 0 Å². The normalized spacial score (nSPS) is 19.9. The van der Waals surface area contributed by atoms with Crippen molar-refractivity contribution in [1.82, 2.24) is 5.32 Å². The van der Waals surface area contributed by atoms with Crippen LogP contribution in [0.4, 0.5) is 3.89 Å². The zero-order valence-corrected chi connectivity index (χ0v) is 10.4. The standard InChI is InChI=1S/C11H10FNO5S/c12-19(16,17)18-8-3-1-2-7(6-8)9-4-5-10(14)13-11(9)15/h1-3,6,9H,4-5H2,(H,13,14,15). The van der Waals surface area contributed by atoms with E-state index in [9.17, 15) is 21.9 Å². The molecule has 1 aliphatic rings. The lowest BCUT2D eigenvalue weighted by Crippen LogP contribution is -2.39. The van der Waals surface area contributed by atoms with Gasteiger partial charge in [-0.2, -0.15) is 8.42 Å².